The summed E-state index contributed by atoms with van der Waals surface area (Å²) in [7, 11) is 0. The smallest absolute Gasteiger partial charge is 0.241 e. The number of amides is 2. The average Bonchev–Trinajstić information content (AvgIpc) is 2.84. The predicted molar refractivity (Wildman–Crippen MR) is 88.2 cm³/mol. The van der Waals surface area contributed by atoms with Crippen molar-refractivity contribution >= 4 is 23.3 Å². The van der Waals surface area contributed by atoms with Crippen LogP contribution in [0, 0.1) is 11.3 Å². The summed E-state index contributed by atoms with van der Waals surface area (Å²) in [6, 6.07) is 9.36. The van der Waals surface area contributed by atoms with Gasteiger partial charge in [-0.2, -0.15) is 0 Å². The number of ketones is 1. The first-order valence-corrected chi connectivity index (χ1v) is 8.05. The highest BCUT2D eigenvalue weighted by atomic mass is 16.2. The van der Waals surface area contributed by atoms with Crippen molar-refractivity contribution < 1.29 is 14.4 Å². The minimum Gasteiger partial charge on any atom is -0.328 e. The Morgan fingerprint density at radius 1 is 0.958 bits per heavy atom. The second kappa shape index (κ2) is 4.90. The molecule has 0 bridgehead atoms. The number of nitrogens with one attached hydrogen (secondary N) is 2. The lowest BCUT2D eigenvalue weighted by Crippen LogP contribution is -2.45. The molecule has 0 saturated heterocycles. The lowest BCUT2D eigenvalue weighted by atomic mass is 9.71. The summed E-state index contributed by atoms with van der Waals surface area (Å²) in [6.45, 7) is 4.02. The van der Waals surface area contributed by atoms with Gasteiger partial charge in [0.25, 0.3) is 0 Å². The maximum absolute atomic E-state index is 12.8. The van der Waals surface area contributed by atoms with Crippen LogP contribution in [0.2, 0.25) is 0 Å². The standard InChI is InChI=1S/C19H18N2O3/c1-19(2)8-11-13(12(22)9-19)14-15(17(23)20-11)18(24)21-16(14)10-6-4-3-5-7-10/h3-7,15H,8-9H2,1-2H3,(H,20,23)(H,21,24). The third-order valence-corrected chi connectivity index (χ3v) is 4.81. The Labute approximate surface area is 139 Å². The molecule has 1 unspecified atom stereocenters. The van der Waals surface area contributed by atoms with Crippen molar-refractivity contribution in [1.29, 1.82) is 0 Å². The highest BCUT2D eigenvalue weighted by Crippen LogP contribution is 2.45. The number of Topliss-reactive ketones (excluding diaryl/α,β-unsaturated/α-hetero) is 1. The largest absolute Gasteiger partial charge is 0.328 e. The van der Waals surface area contributed by atoms with Crippen molar-refractivity contribution in [3.63, 3.8) is 0 Å². The number of hydrogen-bond donors (Lipinski definition) is 2. The molecule has 2 N–H and O–H groups in total. The zero-order valence-corrected chi connectivity index (χ0v) is 13.6. The topological polar surface area (TPSA) is 75.3 Å². The first-order valence-electron chi connectivity index (χ1n) is 8.05. The molecule has 24 heavy (non-hydrogen) atoms. The Kier molecular flexibility index (Phi) is 3.04. The van der Waals surface area contributed by atoms with E-state index in [1.54, 1.807) is 0 Å². The van der Waals surface area contributed by atoms with Gasteiger partial charge in [0.15, 0.2) is 5.78 Å². The molecule has 5 nitrogen and oxygen atoms in total. The number of carbonyl (C=O) groups excluding carboxylic acids is 3. The fourth-order valence-corrected chi connectivity index (χ4v) is 3.85. The van der Waals surface area contributed by atoms with Gasteiger partial charge in [-0.25, -0.2) is 0 Å². The monoisotopic (exact) mass is 322 g/mol. The molecule has 2 aliphatic heterocycles. The quantitative estimate of drug-likeness (QED) is 0.776. The van der Waals surface area contributed by atoms with E-state index in [2.05, 4.69) is 10.6 Å². The molecule has 3 aliphatic rings. The van der Waals surface area contributed by atoms with Gasteiger partial charge in [0.2, 0.25) is 11.8 Å². The summed E-state index contributed by atoms with van der Waals surface area (Å²) >= 11 is 0. The molecule has 0 aromatic heterocycles. The van der Waals surface area contributed by atoms with Gasteiger partial charge in [-0.05, 0) is 17.4 Å². The number of rotatable bonds is 1. The van der Waals surface area contributed by atoms with E-state index in [0.29, 0.717) is 35.4 Å². The van der Waals surface area contributed by atoms with Crippen LogP contribution in [0.3, 0.4) is 0 Å². The molecule has 0 radical (unpaired) electrons. The maximum Gasteiger partial charge on any atom is 0.241 e. The summed E-state index contributed by atoms with van der Waals surface area (Å²) < 4.78 is 0. The van der Waals surface area contributed by atoms with E-state index >= 15 is 0 Å². The van der Waals surface area contributed by atoms with Crippen LogP contribution in [0.5, 0.6) is 0 Å². The minimum absolute atomic E-state index is 0.00817. The van der Waals surface area contributed by atoms with Gasteiger partial charge in [0.05, 0.1) is 5.70 Å². The Morgan fingerprint density at radius 3 is 2.33 bits per heavy atom. The fourth-order valence-electron chi connectivity index (χ4n) is 3.85. The van der Waals surface area contributed by atoms with Gasteiger partial charge in [0, 0.05) is 23.3 Å². The summed E-state index contributed by atoms with van der Waals surface area (Å²) in [4.78, 5) is 37.6. The molecule has 0 saturated carbocycles. The summed E-state index contributed by atoms with van der Waals surface area (Å²) in [5.74, 6) is -1.67. The van der Waals surface area contributed by atoms with Gasteiger partial charge in [0.1, 0.15) is 5.92 Å². The van der Waals surface area contributed by atoms with E-state index in [9.17, 15) is 14.4 Å². The van der Waals surface area contributed by atoms with Crippen molar-refractivity contribution in [2.45, 2.75) is 26.7 Å². The molecule has 1 aliphatic carbocycles. The molecule has 0 spiro atoms. The zero-order chi connectivity index (χ0) is 17.1. The van der Waals surface area contributed by atoms with Crippen molar-refractivity contribution in [1.82, 2.24) is 10.6 Å². The SMILES string of the molecule is CC1(C)CC(=O)C2=C(C1)NC(=O)C1C(=O)NC(c3ccccc3)=C21. The van der Waals surface area contributed by atoms with Crippen molar-refractivity contribution in [3.8, 4) is 0 Å². The second-order valence-corrected chi connectivity index (χ2v) is 7.36. The normalized spacial score (nSPS) is 25.2. The molecular formula is C19H18N2O3. The van der Waals surface area contributed by atoms with Crippen LogP contribution in [-0.4, -0.2) is 17.6 Å². The van der Waals surface area contributed by atoms with E-state index in [4.69, 9.17) is 0 Å². The Morgan fingerprint density at radius 2 is 1.62 bits per heavy atom. The molecule has 1 aromatic rings. The molecule has 5 heteroatoms. The number of carbonyl (C=O) groups is 3. The molecule has 0 fully saturated rings. The summed E-state index contributed by atoms with van der Waals surface area (Å²) in [5.41, 5.74) is 2.92. The van der Waals surface area contributed by atoms with Crippen LogP contribution >= 0.6 is 0 Å². The number of benzene rings is 1. The number of fused-ring (bicyclic) bond motifs is 2. The molecule has 1 atom stereocenters. The van der Waals surface area contributed by atoms with E-state index in [1.807, 2.05) is 44.2 Å². The van der Waals surface area contributed by atoms with Crippen molar-refractivity contribution in [3.05, 3.63) is 52.7 Å². The van der Waals surface area contributed by atoms with Crippen LogP contribution < -0.4 is 10.6 Å². The predicted octanol–water partition coefficient (Wildman–Crippen LogP) is 1.92. The highest BCUT2D eigenvalue weighted by molar-refractivity contribution is 6.19. The van der Waals surface area contributed by atoms with Crippen LogP contribution in [0.25, 0.3) is 5.70 Å². The molecule has 4 rings (SSSR count). The first-order chi connectivity index (χ1) is 11.4. The summed E-state index contributed by atoms with van der Waals surface area (Å²) in [5, 5.41) is 5.61. The van der Waals surface area contributed by atoms with E-state index in [-0.39, 0.29) is 23.0 Å². The maximum atomic E-state index is 12.8. The first kappa shape index (κ1) is 14.9. The van der Waals surface area contributed by atoms with E-state index < -0.39 is 5.92 Å². The average molecular weight is 322 g/mol. The van der Waals surface area contributed by atoms with E-state index in [0.717, 1.165) is 5.56 Å². The highest BCUT2D eigenvalue weighted by Gasteiger charge is 2.49. The zero-order valence-electron chi connectivity index (χ0n) is 13.6. The molecule has 2 amide bonds. The lowest BCUT2D eigenvalue weighted by Gasteiger charge is -2.36. The minimum atomic E-state index is -0.941. The Hall–Kier alpha value is -2.69. The fraction of sp³-hybridized carbons (Fsp3) is 0.316. The third-order valence-electron chi connectivity index (χ3n) is 4.81. The van der Waals surface area contributed by atoms with Gasteiger partial charge >= 0.3 is 0 Å². The molecular weight excluding hydrogens is 304 g/mol. The van der Waals surface area contributed by atoms with Crippen molar-refractivity contribution in [2.75, 3.05) is 0 Å². The summed E-state index contributed by atoms with van der Waals surface area (Å²) in [6.07, 6.45) is 1.03. The van der Waals surface area contributed by atoms with Crippen molar-refractivity contribution in [2.24, 2.45) is 11.3 Å². The molecule has 2 heterocycles. The molecule has 122 valence electrons. The van der Waals surface area contributed by atoms with Crippen LogP contribution in [0.4, 0.5) is 0 Å². The Bertz CT molecular complexity index is 847. The van der Waals surface area contributed by atoms with Crippen LogP contribution in [0.15, 0.2) is 47.2 Å². The van der Waals surface area contributed by atoms with E-state index in [1.165, 1.54) is 0 Å². The lowest BCUT2D eigenvalue weighted by molar-refractivity contribution is -0.132. The molecule has 1 aromatic carbocycles. The van der Waals surface area contributed by atoms with Gasteiger partial charge in [-0.1, -0.05) is 44.2 Å². The second-order valence-electron chi connectivity index (χ2n) is 7.36. The van der Waals surface area contributed by atoms with Gasteiger partial charge in [-0.3, -0.25) is 14.4 Å². The number of hydrogen-bond acceptors (Lipinski definition) is 3. The Balaban J connectivity index is 1.96. The van der Waals surface area contributed by atoms with Gasteiger partial charge in [-0.15, -0.1) is 0 Å². The third kappa shape index (κ3) is 2.12. The van der Waals surface area contributed by atoms with Gasteiger partial charge < -0.3 is 10.6 Å². The van der Waals surface area contributed by atoms with Crippen LogP contribution in [0.1, 0.15) is 32.3 Å². The van der Waals surface area contributed by atoms with Crippen LogP contribution in [-0.2, 0) is 14.4 Å². The number of allylic oxidation sites excluding steroid dienone is 2.